The minimum atomic E-state index is 0. The number of para-hydroxylation sites is 1. The molecule has 1 unspecified atom stereocenters. The Morgan fingerprint density at radius 3 is 3.00 bits per heavy atom. The van der Waals surface area contributed by atoms with Gasteiger partial charge in [0.05, 0.1) is 6.54 Å². The lowest BCUT2D eigenvalue weighted by Gasteiger charge is -2.15. The molecule has 1 aliphatic heterocycles. The van der Waals surface area contributed by atoms with Gasteiger partial charge in [0.1, 0.15) is 11.9 Å². The number of nitrogens with zero attached hydrogens (tertiary/aromatic N) is 1. The summed E-state index contributed by atoms with van der Waals surface area (Å²) < 4.78 is 5.90. The van der Waals surface area contributed by atoms with Crippen molar-refractivity contribution < 1.29 is 4.74 Å². The van der Waals surface area contributed by atoms with Crippen LogP contribution >= 0.6 is 35.7 Å². The van der Waals surface area contributed by atoms with E-state index in [1.807, 2.05) is 30.0 Å². The van der Waals surface area contributed by atoms with Crippen LogP contribution < -0.4 is 15.4 Å². The Kier molecular flexibility index (Phi) is 9.38. The zero-order chi connectivity index (χ0) is 14.9. The molecular formula is C16H24IN3OS. The van der Waals surface area contributed by atoms with Gasteiger partial charge in [-0.1, -0.05) is 24.3 Å². The van der Waals surface area contributed by atoms with E-state index in [4.69, 9.17) is 4.74 Å². The van der Waals surface area contributed by atoms with E-state index in [9.17, 15) is 0 Å². The van der Waals surface area contributed by atoms with Crippen LogP contribution in [0.1, 0.15) is 5.56 Å². The molecule has 122 valence electrons. The first kappa shape index (κ1) is 19.2. The molecule has 1 heterocycles. The van der Waals surface area contributed by atoms with E-state index >= 15 is 0 Å². The van der Waals surface area contributed by atoms with Gasteiger partial charge < -0.3 is 15.4 Å². The van der Waals surface area contributed by atoms with Gasteiger partial charge in [0.15, 0.2) is 5.96 Å². The zero-order valence-corrected chi connectivity index (χ0v) is 16.0. The van der Waals surface area contributed by atoms with Crippen molar-refractivity contribution in [2.45, 2.75) is 12.5 Å². The number of benzene rings is 1. The fourth-order valence-corrected chi connectivity index (χ4v) is 2.79. The summed E-state index contributed by atoms with van der Waals surface area (Å²) in [5, 5.41) is 6.62. The molecule has 0 spiro atoms. The van der Waals surface area contributed by atoms with Crippen LogP contribution in [0.25, 0.3) is 0 Å². The van der Waals surface area contributed by atoms with Crippen molar-refractivity contribution in [2.75, 3.05) is 31.6 Å². The van der Waals surface area contributed by atoms with Gasteiger partial charge in [-0.2, -0.15) is 11.8 Å². The highest BCUT2D eigenvalue weighted by atomic mass is 127. The molecule has 1 aromatic carbocycles. The van der Waals surface area contributed by atoms with Gasteiger partial charge >= 0.3 is 0 Å². The highest BCUT2D eigenvalue weighted by Gasteiger charge is 2.22. The lowest BCUT2D eigenvalue weighted by Crippen LogP contribution is -2.42. The third-order valence-corrected chi connectivity index (χ3v) is 4.17. The highest BCUT2D eigenvalue weighted by molar-refractivity contribution is 14.0. The van der Waals surface area contributed by atoms with Crippen molar-refractivity contribution in [2.24, 2.45) is 4.99 Å². The molecule has 0 aliphatic carbocycles. The molecule has 1 atom stereocenters. The average molecular weight is 433 g/mol. The summed E-state index contributed by atoms with van der Waals surface area (Å²) >= 11 is 1.85. The minimum absolute atomic E-state index is 0. The predicted molar refractivity (Wildman–Crippen MR) is 107 cm³/mol. The van der Waals surface area contributed by atoms with E-state index in [2.05, 4.69) is 34.3 Å². The number of guanidine groups is 1. The quantitative estimate of drug-likeness (QED) is 0.228. The van der Waals surface area contributed by atoms with Crippen LogP contribution in [0.3, 0.4) is 0 Å². The number of fused-ring (bicyclic) bond motifs is 1. The maximum Gasteiger partial charge on any atom is 0.191 e. The Morgan fingerprint density at radius 2 is 2.27 bits per heavy atom. The van der Waals surface area contributed by atoms with Crippen molar-refractivity contribution in [3.8, 4) is 5.75 Å². The largest absolute Gasteiger partial charge is 0.488 e. The van der Waals surface area contributed by atoms with Gasteiger partial charge in [-0.05, 0) is 11.6 Å². The topological polar surface area (TPSA) is 45.7 Å². The number of nitrogens with one attached hydrogen (secondary N) is 2. The molecule has 6 heteroatoms. The Morgan fingerprint density at radius 1 is 1.45 bits per heavy atom. The van der Waals surface area contributed by atoms with Gasteiger partial charge in [-0.15, -0.1) is 30.6 Å². The van der Waals surface area contributed by atoms with Crippen LogP contribution in [0.2, 0.25) is 0 Å². The monoisotopic (exact) mass is 433 g/mol. The second kappa shape index (κ2) is 10.8. The standard InChI is InChI=1S/C16H23N3OS.HI/c1-3-9-21-10-8-18-16(17-2)19-12-14-11-13-6-4-5-7-15(13)20-14;/h3-7,14H,1,8-12H2,2H3,(H2,17,18,19);1H. The number of halogens is 1. The Balaban J connectivity index is 0.00000242. The molecule has 0 amide bonds. The summed E-state index contributed by atoms with van der Waals surface area (Å²) in [7, 11) is 1.79. The molecule has 0 aromatic heterocycles. The van der Waals surface area contributed by atoms with Crippen molar-refractivity contribution in [3.63, 3.8) is 0 Å². The third-order valence-electron chi connectivity index (χ3n) is 3.21. The van der Waals surface area contributed by atoms with Crippen LogP contribution in [-0.2, 0) is 6.42 Å². The first-order valence-corrected chi connectivity index (χ1v) is 8.36. The van der Waals surface area contributed by atoms with E-state index in [-0.39, 0.29) is 30.1 Å². The van der Waals surface area contributed by atoms with Crippen molar-refractivity contribution >= 4 is 41.7 Å². The van der Waals surface area contributed by atoms with Crippen LogP contribution in [0.15, 0.2) is 41.9 Å². The molecule has 1 aromatic rings. The summed E-state index contributed by atoms with van der Waals surface area (Å²) in [5.74, 6) is 3.86. The fraction of sp³-hybridized carbons (Fsp3) is 0.438. The molecule has 22 heavy (non-hydrogen) atoms. The smallest absolute Gasteiger partial charge is 0.191 e. The summed E-state index contributed by atoms with van der Waals surface area (Å²) in [6.45, 7) is 5.36. The number of rotatable bonds is 7. The summed E-state index contributed by atoms with van der Waals surface area (Å²) in [4.78, 5) is 4.23. The Labute approximate surface area is 154 Å². The van der Waals surface area contributed by atoms with Gasteiger partial charge in [-0.25, -0.2) is 0 Å². The highest BCUT2D eigenvalue weighted by Crippen LogP contribution is 2.27. The SMILES string of the molecule is C=CCSCCNC(=NC)NCC1Cc2ccccc2O1.I. The van der Waals surface area contributed by atoms with Crippen molar-refractivity contribution in [1.29, 1.82) is 0 Å². The van der Waals surface area contributed by atoms with E-state index in [0.29, 0.717) is 0 Å². The first-order chi connectivity index (χ1) is 10.3. The van der Waals surface area contributed by atoms with E-state index in [1.54, 1.807) is 7.05 Å². The molecule has 1 aliphatic rings. The Bertz CT molecular complexity index is 471. The number of hydrogen-bond acceptors (Lipinski definition) is 3. The molecule has 0 radical (unpaired) electrons. The second-order valence-electron chi connectivity index (χ2n) is 4.80. The molecule has 0 saturated carbocycles. The average Bonchev–Trinajstić information content (AvgIpc) is 2.93. The molecule has 0 bridgehead atoms. The van der Waals surface area contributed by atoms with Crippen LogP contribution in [0.4, 0.5) is 0 Å². The number of thioether (sulfide) groups is 1. The molecule has 2 rings (SSSR count). The second-order valence-corrected chi connectivity index (χ2v) is 5.95. The number of hydrogen-bond donors (Lipinski definition) is 2. The summed E-state index contributed by atoms with van der Waals surface area (Å²) in [6.07, 6.45) is 3.05. The van der Waals surface area contributed by atoms with E-state index < -0.39 is 0 Å². The maximum atomic E-state index is 5.90. The first-order valence-electron chi connectivity index (χ1n) is 7.21. The lowest BCUT2D eigenvalue weighted by molar-refractivity contribution is 0.235. The normalized spacial score (nSPS) is 16.2. The number of aliphatic imine (C=N–C) groups is 1. The summed E-state index contributed by atoms with van der Waals surface area (Å²) in [6, 6.07) is 8.22. The van der Waals surface area contributed by atoms with Gasteiger partial charge in [-0.3, -0.25) is 4.99 Å². The molecule has 2 N–H and O–H groups in total. The molecule has 0 saturated heterocycles. The van der Waals surface area contributed by atoms with E-state index in [1.165, 1.54) is 5.56 Å². The van der Waals surface area contributed by atoms with Crippen molar-refractivity contribution in [1.82, 2.24) is 10.6 Å². The zero-order valence-electron chi connectivity index (χ0n) is 12.9. The lowest BCUT2D eigenvalue weighted by atomic mass is 10.1. The minimum Gasteiger partial charge on any atom is -0.488 e. The third kappa shape index (κ3) is 6.08. The van der Waals surface area contributed by atoms with E-state index in [0.717, 1.165) is 42.7 Å². The fourth-order valence-electron chi connectivity index (χ4n) is 2.21. The van der Waals surface area contributed by atoms with Crippen LogP contribution in [0, 0.1) is 0 Å². The summed E-state index contributed by atoms with van der Waals surface area (Å²) in [5.41, 5.74) is 1.29. The Hall–Kier alpha value is -0.890. The van der Waals surface area contributed by atoms with Gasteiger partial charge in [0.25, 0.3) is 0 Å². The van der Waals surface area contributed by atoms with Crippen LogP contribution in [0.5, 0.6) is 5.75 Å². The van der Waals surface area contributed by atoms with Gasteiger partial charge in [0.2, 0.25) is 0 Å². The predicted octanol–water partition coefficient (Wildman–Crippen LogP) is 2.69. The maximum absolute atomic E-state index is 5.90. The van der Waals surface area contributed by atoms with Crippen LogP contribution in [-0.4, -0.2) is 43.7 Å². The molecule has 4 nitrogen and oxygen atoms in total. The molecule has 0 fully saturated rings. The van der Waals surface area contributed by atoms with Gasteiger partial charge in [0, 0.05) is 31.5 Å². The number of ether oxygens (including phenoxy) is 1. The molecular weight excluding hydrogens is 409 g/mol. The van der Waals surface area contributed by atoms with Crippen molar-refractivity contribution in [3.05, 3.63) is 42.5 Å².